The van der Waals surface area contributed by atoms with E-state index < -0.39 is 0 Å². The zero-order chi connectivity index (χ0) is 10.9. The predicted molar refractivity (Wildman–Crippen MR) is 69.9 cm³/mol. The van der Waals surface area contributed by atoms with Crippen molar-refractivity contribution in [1.82, 2.24) is 0 Å². The molecule has 0 saturated heterocycles. The maximum absolute atomic E-state index is 3.73. The summed E-state index contributed by atoms with van der Waals surface area (Å²) >= 11 is 3.73. The fourth-order valence-corrected chi connectivity index (χ4v) is 3.70. The Bertz CT molecular complexity index is 348. The van der Waals surface area contributed by atoms with Gasteiger partial charge in [0.1, 0.15) is 0 Å². The summed E-state index contributed by atoms with van der Waals surface area (Å²) in [5.74, 6) is 0. The van der Waals surface area contributed by atoms with Crippen LogP contribution in [0.5, 0.6) is 0 Å². The van der Waals surface area contributed by atoms with E-state index in [0.717, 1.165) is 5.33 Å². The van der Waals surface area contributed by atoms with Crippen molar-refractivity contribution in [3.05, 3.63) is 34.9 Å². The minimum atomic E-state index is 0.427. The normalized spacial score (nSPS) is 19.4. The zero-order valence-electron chi connectivity index (χ0n) is 9.65. The van der Waals surface area contributed by atoms with Crippen molar-refractivity contribution in [2.24, 2.45) is 0 Å². The molecule has 0 radical (unpaired) electrons. The number of rotatable bonds is 2. The van der Waals surface area contributed by atoms with Gasteiger partial charge in [0.15, 0.2) is 0 Å². The van der Waals surface area contributed by atoms with E-state index in [9.17, 15) is 0 Å². The number of hydrogen-bond donors (Lipinski definition) is 0. The molecule has 2 rings (SSSR count). The summed E-state index contributed by atoms with van der Waals surface area (Å²) in [6.07, 6.45) is 5.48. The molecule has 0 amide bonds. The van der Waals surface area contributed by atoms with E-state index in [1.807, 2.05) is 0 Å². The third-order valence-electron chi connectivity index (χ3n) is 3.78. The van der Waals surface area contributed by atoms with Gasteiger partial charge in [-0.05, 0) is 37.8 Å². The van der Waals surface area contributed by atoms with Gasteiger partial charge in [-0.15, -0.1) is 0 Å². The van der Waals surface area contributed by atoms with Crippen molar-refractivity contribution in [1.29, 1.82) is 0 Å². The Hall–Kier alpha value is -0.300. The highest BCUT2D eigenvalue weighted by Gasteiger charge is 2.35. The van der Waals surface area contributed by atoms with Crippen LogP contribution in [0.4, 0.5) is 0 Å². The minimum Gasteiger partial charge on any atom is -0.0918 e. The SMILES string of the molecule is Cc1ccc(C)c(C2(CBr)CCCC2)c1. The molecule has 1 heteroatoms. The Morgan fingerprint density at radius 2 is 1.87 bits per heavy atom. The van der Waals surface area contributed by atoms with Gasteiger partial charge in [0.25, 0.3) is 0 Å². The second-order valence-electron chi connectivity index (χ2n) is 4.94. The maximum atomic E-state index is 3.73. The first-order valence-electron chi connectivity index (χ1n) is 5.82. The lowest BCUT2D eigenvalue weighted by molar-refractivity contribution is 0.502. The molecule has 1 saturated carbocycles. The van der Waals surface area contributed by atoms with Crippen LogP contribution in [-0.2, 0) is 5.41 Å². The van der Waals surface area contributed by atoms with Gasteiger partial charge in [0, 0.05) is 10.7 Å². The molecular weight excluding hydrogens is 248 g/mol. The van der Waals surface area contributed by atoms with Gasteiger partial charge >= 0.3 is 0 Å². The summed E-state index contributed by atoms with van der Waals surface area (Å²) in [5.41, 5.74) is 4.86. The van der Waals surface area contributed by atoms with Crippen molar-refractivity contribution < 1.29 is 0 Å². The molecule has 1 aromatic carbocycles. The number of halogens is 1. The smallest absolute Gasteiger partial charge is 0.0129 e. The molecule has 15 heavy (non-hydrogen) atoms. The maximum Gasteiger partial charge on any atom is 0.0129 e. The molecule has 0 aliphatic heterocycles. The summed E-state index contributed by atoms with van der Waals surface area (Å²) < 4.78 is 0. The zero-order valence-corrected chi connectivity index (χ0v) is 11.2. The lowest BCUT2D eigenvalue weighted by Gasteiger charge is -2.29. The summed E-state index contributed by atoms with van der Waals surface area (Å²) in [6.45, 7) is 4.44. The van der Waals surface area contributed by atoms with Crippen molar-refractivity contribution in [2.45, 2.75) is 44.9 Å². The van der Waals surface area contributed by atoms with Crippen molar-refractivity contribution in [2.75, 3.05) is 5.33 Å². The largest absolute Gasteiger partial charge is 0.0918 e. The molecule has 0 spiro atoms. The molecule has 82 valence electrons. The van der Waals surface area contributed by atoms with Gasteiger partial charge in [0.2, 0.25) is 0 Å². The van der Waals surface area contributed by atoms with Crippen molar-refractivity contribution in [3.63, 3.8) is 0 Å². The van der Waals surface area contributed by atoms with Gasteiger partial charge in [0.05, 0.1) is 0 Å². The topological polar surface area (TPSA) is 0 Å². The van der Waals surface area contributed by atoms with E-state index in [-0.39, 0.29) is 0 Å². The van der Waals surface area contributed by atoms with E-state index >= 15 is 0 Å². The Balaban J connectivity index is 2.46. The van der Waals surface area contributed by atoms with Gasteiger partial charge in [-0.25, -0.2) is 0 Å². The second-order valence-corrected chi connectivity index (χ2v) is 5.50. The van der Waals surface area contributed by atoms with Crippen LogP contribution in [0.2, 0.25) is 0 Å². The third kappa shape index (κ3) is 1.99. The molecule has 0 unspecified atom stereocenters. The molecule has 0 bridgehead atoms. The molecule has 1 fully saturated rings. The van der Waals surface area contributed by atoms with Crippen LogP contribution in [-0.4, -0.2) is 5.33 Å². The highest BCUT2D eigenvalue weighted by molar-refractivity contribution is 9.09. The van der Waals surface area contributed by atoms with Crippen LogP contribution in [0.1, 0.15) is 42.4 Å². The van der Waals surface area contributed by atoms with Gasteiger partial charge in [-0.2, -0.15) is 0 Å². The standard InChI is InChI=1S/C14H19Br/c1-11-5-6-12(2)13(9-11)14(10-15)7-3-4-8-14/h5-6,9H,3-4,7-8,10H2,1-2H3. The Morgan fingerprint density at radius 1 is 1.20 bits per heavy atom. The fourth-order valence-electron chi connectivity index (χ4n) is 2.83. The van der Waals surface area contributed by atoms with Crippen LogP contribution in [0, 0.1) is 13.8 Å². The first-order valence-corrected chi connectivity index (χ1v) is 6.94. The summed E-state index contributed by atoms with van der Waals surface area (Å²) in [6, 6.07) is 6.88. The monoisotopic (exact) mass is 266 g/mol. The van der Waals surface area contributed by atoms with Crippen LogP contribution >= 0.6 is 15.9 Å². The second kappa shape index (κ2) is 4.29. The van der Waals surface area contributed by atoms with E-state index in [4.69, 9.17) is 0 Å². The Kier molecular flexibility index (Phi) is 3.20. The third-order valence-corrected chi connectivity index (χ3v) is 4.85. The Labute approximate surface area is 101 Å². The molecular formula is C14H19Br. The highest BCUT2D eigenvalue weighted by Crippen LogP contribution is 2.43. The van der Waals surface area contributed by atoms with Crippen LogP contribution in [0.25, 0.3) is 0 Å². The number of benzene rings is 1. The van der Waals surface area contributed by atoms with Crippen molar-refractivity contribution >= 4 is 15.9 Å². The average Bonchev–Trinajstić information content (AvgIpc) is 2.71. The molecule has 0 heterocycles. The van der Waals surface area contributed by atoms with E-state index in [1.54, 1.807) is 5.56 Å². The lowest BCUT2D eigenvalue weighted by Crippen LogP contribution is -2.25. The molecule has 1 aliphatic carbocycles. The molecule has 0 N–H and O–H groups in total. The summed E-state index contributed by atoms with van der Waals surface area (Å²) in [5, 5.41) is 1.12. The van der Waals surface area contributed by atoms with Gasteiger partial charge in [-0.1, -0.05) is 52.5 Å². The number of aryl methyl sites for hydroxylation is 2. The molecule has 0 aromatic heterocycles. The lowest BCUT2D eigenvalue weighted by atomic mass is 9.78. The molecule has 0 atom stereocenters. The first kappa shape index (κ1) is 11.2. The van der Waals surface area contributed by atoms with Gasteiger partial charge in [-0.3, -0.25) is 0 Å². The van der Waals surface area contributed by atoms with Gasteiger partial charge < -0.3 is 0 Å². The minimum absolute atomic E-state index is 0.427. The quantitative estimate of drug-likeness (QED) is 0.691. The highest BCUT2D eigenvalue weighted by atomic mass is 79.9. The van der Waals surface area contributed by atoms with E-state index in [2.05, 4.69) is 48.0 Å². The first-order chi connectivity index (χ1) is 7.18. The Morgan fingerprint density at radius 3 is 2.47 bits per heavy atom. The van der Waals surface area contributed by atoms with Crippen LogP contribution in [0.3, 0.4) is 0 Å². The van der Waals surface area contributed by atoms with E-state index in [0.29, 0.717) is 5.41 Å². The molecule has 0 nitrogen and oxygen atoms in total. The number of alkyl halides is 1. The summed E-state index contributed by atoms with van der Waals surface area (Å²) in [4.78, 5) is 0. The van der Waals surface area contributed by atoms with Crippen LogP contribution in [0.15, 0.2) is 18.2 Å². The number of hydrogen-bond acceptors (Lipinski definition) is 0. The average molecular weight is 267 g/mol. The fraction of sp³-hybridized carbons (Fsp3) is 0.571. The van der Waals surface area contributed by atoms with Crippen molar-refractivity contribution in [3.8, 4) is 0 Å². The van der Waals surface area contributed by atoms with Crippen LogP contribution < -0.4 is 0 Å². The summed E-state index contributed by atoms with van der Waals surface area (Å²) in [7, 11) is 0. The molecule has 1 aliphatic rings. The van der Waals surface area contributed by atoms with E-state index in [1.165, 1.54) is 36.8 Å². The predicted octanol–water partition coefficient (Wildman–Crippen LogP) is 4.51. The molecule has 1 aromatic rings.